The molecule has 0 fully saturated rings. The fourth-order valence-electron chi connectivity index (χ4n) is 2.40. The predicted molar refractivity (Wildman–Crippen MR) is 96.9 cm³/mol. The molecule has 0 aliphatic heterocycles. The van der Waals surface area contributed by atoms with Crippen LogP contribution < -0.4 is 4.90 Å². The lowest BCUT2D eigenvalue weighted by Gasteiger charge is -2.27. The van der Waals surface area contributed by atoms with Crippen molar-refractivity contribution >= 4 is 29.0 Å². The second-order valence-corrected chi connectivity index (χ2v) is 6.93. The zero-order valence-electron chi connectivity index (χ0n) is 14.3. The summed E-state index contributed by atoms with van der Waals surface area (Å²) in [5.41, 5.74) is 1.00. The molecule has 130 valence electrons. The normalized spacial score (nSPS) is 11.5. The zero-order valence-corrected chi connectivity index (χ0v) is 15.1. The molecule has 0 radical (unpaired) electrons. The van der Waals surface area contributed by atoms with E-state index in [1.54, 1.807) is 10.7 Å². The van der Waals surface area contributed by atoms with Crippen LogP contribution in [0.5, 0.6) is 0 Å². The average molecular weight is 359 g/mol. The van der Waals surface area contributed by atoms with Crippen molar-refractivity contribution in [1.29, 1.82) is 0 Å². The SMILES string of the molecule is CC(C)(C)OC(=O)N(Cc1ccccc1)c1nc(Cl)nn2cccc12. The van der Waals surface area contributed by atoms with Crippen LogP contribution in [-0.2, 0) is 11.3 Å². The minimum absolute atomic E-state index is 0.0559. The first-order valence-electron chi connectivity index (χ1n) is 7.89. The number of benzene rings is 1. The smallest absolute Gasteiger partial charge is 0.416 e. The molecule has 1 aromatic carbocycles. The summed E-state index contributed by atoms with van der Waals surface area (Å²) in [4.78, 5) is 18.6. The summed E-state index contributed by atoms with van der Waals surface area (Å²) in [5.74, 6) is 0.406. The Morgan fingerprint density at radius 2 is 1.92 bits per heavy atom. The summed E-state index contributed by atoms with van der Waals surface area (Å²) in [6.07, 6.45) is 1.26. The zero-order chi connectivity index (χ0) is 18.0. The first-order valence-corrected chi connectivity index (χ1v) is 8.26. The Balaban J connectivity index is 2.06. The van der Waals surface area contributed by atoms with Gasteiger partial charge in [0, 0.05) is 6.20 Å². The quantitative estimate of drug-likeness (QED) is 0.699. The van der Waals surface area contributed by atoms with E-state index in [1.807, 2.05) is 63.2 Å². The lowest BCUT2D eigenvalue weighted by Crippen LogP contribution is -2.37. The molecule has 25 heavy (non-hydrogen) atoms. The molecule has 0 bridgehead atoms. The van der Waals surface area contributed by atoms with Gasteiger partial charge < -0.3 is 4.74 Å². The van der Waals surface area contributed by atoms with E-state index < -0.39 is 11.7 Å². The molecule has 6 nitrogen and oxygen atoms in total. The van der Waals surface area contributed by atoms with Gasteiger partial charge in [0.2, 0.25) is 5.28 Å². The highest BCUT2D eigenvalue weighted by molar-refractivity contribution is 6.28. The molecule has 2 aromatic heterocycles. The number of hydrogen-bond donors (Lipinski definition) is 0. The number of amides is 1. The maximum absolute atomic E-state index is 12.8. The summed E-state index contributed by atoms with van der Waals surface area (Å²) in [6, 6.07) is 13.3. The number of fused-ring (bicyclic) bond motifs is 1. The molecule has 3 aromatic rings. The van der Waals surface area contributed by atoms with Crippen molar-refractivity contribution < 1.29 is 9.53 Å². The third-order valence-corrected chi connectivity index (χ3v) is 3.56. The molecule has 0 atom stereocenters. The summed E-state index contributed by atoms with van der Waals surface area (Å²) in [6.45, 7) is 5.78. The molecular formula is C18H19ClN4O2. The Morgan fingerprint density at radius 3 is 2.60 bits per heavy atom. The number of aromatic nitrogens is 3. The van der Waals surface area contributed by atoms with Gasteiger partial charge in [-0.2, -0.15) is 4.98 Å². The molecule has 0 N–H and O–H groups in total. The minimum atomic E-state index is -0.624. The van der Waals surface area contributed by atoms with Crippen LogP contribution in [0, 0.1) is 0 Å². The molecule has 1 amide bonds. The van der Waals surface area contributed by atoms with Crippen molar-refractivity contribution in [2.24, 2.45) is 0 Å². The number of halogens is 1. The van der Waals surface area contributed by atoms with E-state index >= 15 is 0 Å². The van der Waals surface area contributed by atoms with Gasteiger partial charge in [0.05, 0.1) is 6.54 Å². The fraction of sp³-hybridized carbons (Fsp3) is 0.278. The van der Waals surface area contributed by atoms with Crippen molar-refractivity contribution in [3.8, 4) is 0 Å². The number of carbonyl (C=O) groups excluding carboxylic acids is 1. The van der Waals surface area contributed by atoms with E-state index in [4.69, 9.17) is 16.3 Å². The number of rotatable bonds is 3. The summed E-state index contributed by atoms with van der Waals surface area (Å²) >= 11 is 6.04. The summed E-state index contributed by atoms with van der Waals surface area (Å²) in [7, 11) is 0. The lowest BCUT2D eigenvalue weighted by atomic mass is 10.2. The highest BCUT2D eigenvalue weighted by atomic mass is 35.5. The second kappa shape index (κ2) is 6.72. The topological polar surface area (TPSA) is 59.7 Å². The number of nitrogens with zero attached hydrogens (tertiary/aromatic N) is 4. The van der Waals surface area contributed by atoms with Crippen LogP contribution in [0.25, 0.3) is 5.52 Å². The van der Waals surface area contributed by atoms with Crippen LogP contribution in [0.3, 0.4) is 0 Å². The van der Waals surface area contributed by atoms with Gasteiger partial charge in [-0.05, 0) is 50.1 Å². The third-order valence-electron chi connectivity index (χ3n) is 3.40. The van der Waals surface area contributed by atoms with E-state index in [9.17, 15) is 4.79 Å². The predicted octanol–water partition coefficient (Wildman–Crippen LogP) is 4.32. The fourth-order valence-corrected chi connectivity index (χ4v) is 2.56. The first kappa shape index (κ1) is 17.2. The Hall–Kier alpha value is -2.60. The second-order valence-electron chi connectivity index (χ2n) is 6.59. The molecule has 0 aliphatic rings. The van der Waals surface area contributed by atoms with Gasteiger partial charge in [-0.15, -0.1) is 5.10 Å². The molecule has 0 unspecified atom stereocenters. The molecule has 0 aliphatic carbocycles. The number of carbonyl (C=O) groups is 1. The van der Waals surface area contributed by atoms with Crippen LogP contribution in [0.15, 0.2) is 48.7 Å². The van der Waals surface area contributed by atoms with E-state index in [0.717, 1.165) is 5.56 Å². The van der Waals surface area contributed by atoms with Crippen LogP contribution >= 0.6 is 11.6 Å². The standard InChI is InChI=1S/C18H19ClN4O2/c1-18(2,3)25-17(24)22(12-13-8-5-4-6-9-13)15-14-10-7-11-23(14)21-16(19)20-15/h4-11H,12H2,1-3H3. The molecule has 0 saturated carbocycles. The van der Waals surface area contributed by atoms with Gasteiger partial charge >= 0.3 is 6.09 Å². The minimum Gasteiger partial charge on any atom is -0.443 e. The number of hydrogen-bond acceptors (Lipinski definition) is 4. The van der Waals surface area contributed by atoms with E-state index in [-0.39, 0.29) is 5.28 Å². The summed E-state index contributed by atoms with van der Waals surface area (Å²) < 4.78 is 7.16. The van der Waals surface area contributed by atoms with Crippen LogP contribution in [0.4, 0.5) is 10.6 Å². The molecule has 0 saturated heterocycles. The van der Waals surface area contributed by atoms with Crippen LogP contribution in [0.1, 0.15) is 26.3 Å². The highest BCUT2D eigenvalue weighted by Gasteiger charge is 2.26. The first-order chi connectivity index (χ1) is 11.8. The third kappa shape index (κ3) is 4.09. The van der Waals surface area contributed by atoms with E-state index in [0.29, 0.717) is 17.9 Å². The van der Waals surface area contributed by atoms with Crippen LogP contribution in [-0.4, -0.2) is 26.3 Å². The van der Waals surface area contributed by atoms with Crippen molar-refractivity contribution in [2.45, 2.75) is 32.9 Å². The van der Waals surface area contributed by atoms with E-state index in [1.165, 1.54) is 4.90 Å². The van der Waals surface area contributed by atoms with Crippen molar-refractivity contribution in [3.63, 3.8) is 0 Å². The van der Waals surface area contributed by atoms with Crippen molar-refractivity contribution in [2.75, 3.05) is 4.90 Å². The Bertz CT molecular complexity index is 887. The average Bonchev–Trinajstić information content (AvgIpc) is 2.99. The lowest BCUT2D eigenvalue weighted by molar-refractivity contribution is 0.0576. The maximum atomic E-state index is 12.8. The summed E-state index contributed by atoms with van der Waals surface area (Å²) in [5, 5.41) is 4.17. The van der Waals surface area contributed by atoms with Gasteiger partial charge in [0.1, 0.15) is 11.1 Å². The molecule has 7 heteroatoms. The molecule has 0 spiro atoms. The highest BCUT2D eigenvalue weighted by Crippen LogP contribution is 2.25. The Morgan fingerprint density at radius 1 is 1.20 bits per heavy atom. The van der Waals surface area contributed by atoms with Gasteiger partial charge in [-0.3, -0.25) is 4.90 Å². The maximum Gasteiger partial charge on any atom is 0.416 e. The Kier molecular flexibility index (Phi) is 4.63. The Labute approximate surface area is 151 Å². The number of anilines is 1. The monoisotopic (exact) mass is 358 g/mol. The van der Waals surface area contributed by atoms with Crippen LogP contribution in [0.2, 0.25) is 5.28 Å². The number of ether oxygens (including phenoxy) is 1. The molecular weight excluding hydrogens is 340 g/mol. The van der Waals surface area contributed by atoms with Crippen molar-refractivity contribution in [3.05, 3.63) is 59.5 Å². The van der Waals surface area contributed by atoms with Crippen molar-refractivity contribution in [1.82, 2.24) is 14.6 Å². The molecule has 2 heterocycles. The largest absolute Gasteiger partial charge is 0.443 e. The van der Waals surface area contributed by atoms with Gasteiger partial charge in [0.25, 0.3) is 0 Å². The van der Waals surface area contributed by atoms with Gasteiger partial charge in [-0.25, -0.2) is 9.31 Å². The van der Waals surface area contributed by atoms with E-state index in [2.05, 4.69) is 10.1 Å². The van der Waals surface area contributed by atoms with Gasteiger partial charge in [-0.1, -0.05) is 30.3 Å². The molecule has 3 rings (SSSR count). The van der Waals surface area contributed by atoms with Gasteiger partial charge in [0.15, 0.2) is 5.82 Å².